The molecule has 0 amide bonds. The van der Waals surface area contributed by atoms with E-state index in [9.17, 15) is 5.11 Å². The van der Waals surface area contributed by atoms with Crippen LogP contribution >= 0.6 is 0 Å². The van der Waals surface area contributed by atoms with E-state index in [0.29, 0.717) is 11.3 Å². The van der Waals surface area contributed by atoms with E-state index >= 15 is 0 Å². The smallest absolute Gasteiger partial charge is 0.0611 e. The van der Waals surface area contributed by atoms with Gasteiger partial charge < -0.3 is 5.11 Å². The van der Waals surface area contributed by atoms with Crippen LogP contribution in [0.3, 0.4) is 0 Å². The molecule has 3 rings (SSSR count). The fourth-order valence-corrected chi connectivity index (χ4v) is 4.52. The predicted octanol–water partition coefficient (Wildman–Crippen LogP) is 2.89. The summed E-state index contributed by atoms with van der Waals surface area (Å²) in [5.74, 6) is 1.39. The van der Waals surface area contributed by atoms with Crippen LogP contribution in [0.15, 0.2) is 12.2 Å². The second-order valence-electron chi connectivity index (χ2n) is 5.63. The molecule has 1 N–H and O–H groups in total. The molecular weight excluding hydrogens is 172 g/mol. The molecule has 3 aliphatic carbocycles. The number of aliphatic hydroxyl groups excluding tert-OH is 1. The molecule has 3 fully saturated rings. The van der Waals surface area contributed by atoms with Gasteiger partial charge in [0.25, 0.3) is 0 Å². The summed E-state index contributed by atoms with van der Waals surface area (Å²) in [5.41, 5.74) is 1.84. The standard InChI is InChI=1S/C13H20O/c1-9-8-13-7-3-2-4-10(13)5-6-11(14)12(9)13/h10-12,14H,1-8H2/t10-,11-,12+,13-/m1/s1. The van der Waals surface area contributed by atoms with Gasteiger partial charge in [0.1, 0.15) is 0 Å². The van der Waals surface area contributed by atoms with Crippen LogP contribution in [0, 0.1) is 17.3 Å². The average Bonchev–Trinajstić information content (AvgIpc) is 2.15. The summed E-state index contributed by atoms with van der Waals surface area (Å²) in [7, 11) is 0. The van der Waals surface area contributed by atoms with Crippen molar-refractivity contribution in [1.82, 2.24) is 0 Å². The lowest BCUT2D eigenvalue weighted by Gasteiger charge is -2.62. The Balaban J connectivity index is 1.92. The van der Waals surface area contributed by atoms with Crippen LogP contribution in [-0.4, -0.2) is 11.2 Å². The summed E-state index contributed by atoms with van der Waals surface area (Å²) in [4.78, 5) is 0. The van der Waals surface area contributed by atoms with Crippen LogP contribution in [0.25, 0.3) is 0 Å². The molecule has 78 valence electrons. The molecule has 3 saturated carbocycles. The summed E-state index contributed by atoms with van der Waals surface area (Å²) in [6.45, 7) is 4.12. The molecular formula is C13H20O. The van der Waals surface area contributed by atoms with Gasteiger partial charge in [-0.3, -0.25) is 0 Å². The van der Waals surface area contributed by atoms with Gasteiger partial charge in [0, 0.05) is 5.92 Å². The van der Waals surface area contributed by atoms with Crippen LogP contribution in [-0.2, 0) is 0 Å². The van der Waals surface area contributed by atoms with Crippen molar-refractivity contribution in [2.24, 2.45) is 17.3 Å². The van der Waals surface area contributed by atoms with E-state index in [2.05, 4.69) is 6.58 Å². The Morgan fingerprint density at radius 2 is 2.07 bits per heavy atom. The highest BCUT2D eigenvalue weighted by molar-refractivity contribution is 5.26. The SMILES string of the molecule is C=C1C[C@]23CCCC[C@@H]2CC[C@@H](O)[C@H]13. The summed E-state index contributed by atoms with van der Waals surface area (Å²) < 4.78 is 0. The monoisotopic (exact) mass is 192 g/mol. The van der Waals surface area contributed by atoms with Crippen molar-refractivity contribution in [1.29, 1.82) is 0 Å². The molecule has 0 radical (unpaired) electrons. The quantitative estimate of drug-likeness (QED) is 0.585. The zero-order valence-corrected chi connectivity index (χ0v) is 8.84. The van der Waals surface area contributed by atoms with E-state index in [1.54, 1.807) is 0 Å². The molecule has 1 heteroatoms. The zero-order chi connectivity index (χ0) is 9.76. The highest BCUT2D eigenvalue weighted by Gasteiger charge is 2.58. The highest BCUT2D eigenvalue weighted by Crippen LogP contribution is 2.65. The molecule has 0 aromatic carbocycles. The van der Waals surface area contributed by atoms with E-state index in [1.807, 2.05) is 0 Å². The van der Waals surface area contributed by atoms with Gasteiger partial charge >= 0.3 is 0 Å². The Labute approximate surface area is 86.2 Å². The molecule has 1 nitrogen and oxygen atoms in total. The van der Waals surface area contributed by atoms with Gasteiger partial charge in [-0.2, -0.15) is 0 Å². The lowest BCUT2D eigenvalue weighted by molar-refractivity contribution is -0.113. The van der Waals surface area contributed by atoms with Crippen molar-refractivity contribution in [2.75, 3.05) is 0 Å². The Kier molecular flexibility index (Phi) is 1.82. The Morgan fingerprint density at radius 1 is 1.21 bits per heavy atom. The lowest BCUT2D eigenvalue weighted by atomic mass is 9.43. The zero-order valence-electron chi connectivity index (χ0n) is 8.84. The minimum Gasteiger partial charge on any atom is -0.392 e. The molecule has 3 aliphatic rings. The number of hydrogen-bond donors (Lipinski definition) is 1. The fourth-order valence-electron chi connectivity index (χ4n) is 4.52. The Morgan fingerprint density at radius 3 is 2.86 bits per heavy atom. The fraction of sp³-hybridized carbons (Fsp3) is 0.846. The predicted molar refractivity (Wildman–Crippen MR) is 56.9 cm³/mol. The normalized spacial score (nSPS) is 51.8. The van der Waals surface area contributed by atoms with Gasteiger partial charge in [-0.05, 0) is 43.4 Å². The van der Waals surface area contributed by atoms with E-state index in [0.717, 1.165) is 12.3 Å². The molecule has 0 aromatic heterocycles. The largest absolute Gasteiger partial charge is 0.392 e. The van der Waals surface area contributed by atoms with Crippen LogP contribution < -0.4 is 0 Å². The summed E-state index contributed by atoms with van der Waals surface area (Å²) in [6.07, 6.45) is 9.02. The number of hydrogen-bond acceptors (Lipinski definition) is 1. The highest BCUT2D eigenvalue weighted by atomic mass is 16.3. The maximum Gasteiger partial charge on any atom is 0.0611 e. The maximum atomic E-state index is 10.0. The third-order valence-electron chi connectivity index (χ3n) is 5.07. The first-order chi connectivity index (χ1) is 6.74. The van der Waals surface area contributed by atoms with Gasteiger partial charge in [-0.15, -0.1) is 0 Å². The minimum absolute atomic E-state index is 0.0643. The van der Waals surface area contributed by atoms with Crippen molar-refractivity contribution in [3.8, 4) is 0 Å². The van der Waals surface area contributed by atoms with Crippen LogP contribution in [0.4, 0.5) is 0 Å². The summed E-state index contributed by atoms with van der Waals surface area (Å²) >= 11 is 0. The van der Waals surface area contributed by atoms with Crippen molar-refractivity contribution >= 4 is 0 Å². The molecule has 0 aliphatic heterocycles. The third kappa shape index (κ3) is 0.942. The van der Waals surface area contributed by atoms with Crippen LogP contribution in [0.1, 0.15) is 44.9 Å². The van der Waals surface area contributed by atoms with Crippen molar-refractivity contribution in [3.63, 3.8) is 0 Å². The van der Waals surface area contributed by atoms with Crippen LogP contribution in [0.2, 0.25) is 0 Å². The Hall–Kier alpha value is -0.300. The number of aliphatic hydroxyl groups is 1. The lowest BCUT2D eigenvalue weighted by Crippen LogP contribution is -2.57. The number of rotatable bonds is 0. The minimum atomic E-state index is -0.0643. The van der Waals surface area contributed by atoms with Gasteiger partial charge in [0.15, 0.2) is 0 Å². The molecule has 0 saturated heterocycles. The average molecular weight is 192 g/mol. The van der Waals surface area contributed by atoms with Gasteiger partial charge in [0.2, 0.25) is 0 Å². The summed E-state index contributed by atoms with van der Waals surface area (Å²) in [5, 5.41) is 10.0. The molecule has 0 bridgehead atoms. The first-order valence-corrected chi connectivity index (χ1v) is 6.10. The van der Waals surface area contributed by atoms with Crippen molar-refractivity contribution in [3.05, 3.63) is 12.2 Å². The first kappa shape index (κ1) is 8.96. The van der Waals surface area contributed by atoms with Gasteiger partial charge in [-0.1, -0.05) is 25.0 Å². The summed E-state index contributed by atoms with van der Waals surface area (Å²) in [6, 6.07) is 0. The van der Waals surface area contributed by atoms with Gasteiger partial charge in [0.05, 0.1) is 6.10 Å². The van der Waals surface area contributed by atoms with Crippen LogP contribution in [0.5, 0.6) is 0 Å². The molecule has 4 atom stereocenters. The first-order valence-electron chi connectivity index (χ1n) is 6.10. The second kappa shape index (κ2) is 2.85. The molecule has 0 heterocycles. The van der Waals surface area contributed by atoms with E-state index in [4.69, 9.17) is 0 Å². The maximum absolute atomic E-state index is 10.0. The molecule has 14 heavy (non-hydrogen) atoms. The van der Waals surface area contributed by atoms with E-state index < -0.39 is 0 Å². The topological polar surface area (TPSA) is 20.2 Å². The third-order valence-corrected chi connectivity index (χ3v) is 5.07. The Bertz CT molecular complexity index is 270. The molecule has 0 unspecified atom stereocenters. The second-order valence-corrected chi connectivity index (χ2v) is 5.63. The van der Waals surface area contributed by atoms with E-state index in [-0.39, 0.29) is 6.10 Å². The van der Waals surface area contributed by atoms with Gasteiger partial charge in [-0.25, -0.2) is 0 Å². The van der Waals surface area contributed by atoms with E-state index in [1.165, 1.54) is 44.1 Å². The van der Waals surface area contributed by atoms with Crippen molar-refractivity contribution in [2.45, 2.75) is 51.0 Å². The van der Waals surface area contributed by atoms with Crippen molar-refractivity contribution < 1.29 is 5.11 Å². The molecule has 1 spiro atoms. The molecule has 0 aromatic rings.